The van der Waals surface area contributed by atoms with Gasteiger partial charge in [0.15, 0.2) is 0 Å². The average molecular weight is 284 g/mol. The van der Waals surface area contributed by atoms with Crippen molar-refractivity contribution in [3.05, 3.63) is 58.0 Å². The van der Waals surface area contributed by atoms with E-state index in [9.17, 15) is 0 Å². The molecule has 0 saturated heterocycles. The lowest BCUT2D eigenvalue weighted by molar-refractivity contribution is 0.412. The third-order valence-corrected chi connectivity index (χ3v) is 3.74. The molecule has 0 aliphatic carbocycles. The molecule has 18 heavy (non-hydrogen) atoms. The maximum Gasteiger partial charge on any atom is 0.104 e. The summed E-state index contributed by atoms with van der Waals surface area (Å²) in [5.41, 5.74) is 6.59. The maximum absolute atomic E-state index is 6.25. The molecule has 1 heterocycles. The van der Waals surface area contributed by atoms with Gasteiger partial charge in [0.25, 0.3) is 0 Å². The van der Waals surface area contributed by atoms with Gasteiger partial charge in [-0.15, -0.1) is 0 Å². The van der Waals surface area contributed by atoms with Gasteiger partial charge in [-0.05, 0) is 35.9 Å². The highest BCUT2D eigenvalue weighted by molar-refractivity contribution is 6.33. The van der Waals surface area contributed by atoms with Gasteiger partial charge in [-0.3, -0.25) is 0 Å². The second kappa shape index (κ2) is 5.35. The summed E-state index contributed by atoms with van der Waals surface area (Å²) < 4.78 is 5.39. The lowest BCUT2D eigenvalue weighted by Gasteiger charge is -2.29. The number of nitrogens with two attached hydrogens (primary N) is 1. The van der Waals surface area contributed by atoms with Crippen LogP contribution in [-0.4, -0.2) is 6.54 Å². The van der Waals surface area contributed by atoms with Crippen molar-refractivity contribution < 1.29 is 4.42 Å². The van der Waals surface area contributed by atoms with E-state index in [1.54, 1.807) is 18.4 Å². The Bertz CT molecular complexity index is 525. The van der Waals surface area contributed by atoms with Gasteiger partial charge in [0.2, 0.25) is 0 Å². The van der Waals surface area contributed by atoms with Crippen LogP contribution in [0.2, 0.25) is 10.0 Å². The normalized spacial score (nSPS) is 14.4. The number of halogens is 2. The molecule has 0 fully saturated rings. The van der Waals surface area contributed by atoms with Crippen LogP contribution in [-0.2, 0) is 11.8 Å². The summed E-state index contributed by atoms with van der Waals surface area (Å²) in [4.78, 5) is 0. The van der Waals surface area contributed by atoms with E-state index in [1.165, 1.54) is 0 Å². The Morgan fingerprint density at radius 2 is 2.06 bits per heavy atom. The lowest BCUT2D eigenvalue weighted by atomic mass is 9.79. The Hall–Kier alpha value is -0.960. The molecule has 0 radical (unpaired) electrons. The summed E-state index contributed by atoms with van der Waals surface area (Å²) in [5.74, 6) is 0.888. The highest BCUT2D eigenvalue weighted by Gasteiger charge is 2.29. The van der Waals surface area contributed by atoms with Crippen LogP contribution in [0.1, 0.15) is 18.2 Å². The lowest BCUT2D eigenvalue weighted by Crippen LogP contribution is -2.34. The van der Waals surface area contributed by atoms with Gasteiger partial charge in [-0.25, -0.2) is 0 Å². The van der Waals surface area contributed by atoms with E-state index in [-0.39, 0.29) is 5.41 Å². The molecule has 1 unspecified atom stereocenters. The number of benzene rings is 1. The van der Waals surface area contributed by atoms with Gasteiger partial charge in [0.1, 0.15) is 5.76 Å². The van der Waals surface area contributed by atoms with Crippen molar-refractivity contribution in [2.24, 2.45) is 5.73 Å². The van der Waals surface area contributed by atoms with Gasteiger partial charge >= 0.3 is 0 Å². The van der Waals surface area contributed by atoms with Crippen molar-refractivity contribution >= 4 is 23.2 Å². The molecule has 1 aromatic carbocycles. The molecule has 1 atom stereocenters. The van der Waals surface area contributed by atoms with Crippen LogP contribution in [0, 0.1) is 0 Å². The molecule has 0 aliphatic rings. The molecule has 1 aromatic heterocycles. The minimum Gasteiger partial charge on any atom is -0.469 e. The van der Waals surface area contributed by atoms with Gasteiger partial charge in [-0.1, -0.05) is 30.1 Å². The van der Waals surface area contributed by atoms with Gasteiger partial charge in [0.05, 0.1) is 6.26 Å². The number of hydrogen-bond acceptors (Lipinski definition) is 2. The molecule has 2 nitrogen and oxygen atoms in total. The molecule has 2 rings (SSSR count). The summed E-state index contributed by atoms with van der Waals surface area (Å²) in [6.45, 7) is 2.53. The SMILES string of the molecule is CC(CN)(Cc1ccco1)c1cc(Cl)ccc1Cl. The van der Waals surface area contributed by atoms with Crippen molar-refractivity contribution in [2.75, 3.05) is 6.54 Å². The van der Waals surface area contributed by atoms with Crippen molar-refractivity contribution in [3.63, 3.8) is 0 Å². The van der Waals surface area contributed by atoms with Crippen molar-refractivity contribution in [2.45, 2.75) is 18.8 Å². The Balaban J connectivity index is 2.39. The molecule has 2 N–H and O–H groups in total. The van der Waals surface area contributed by atoms with E-state index < -0.39 is 0 Å². The molecule has 0 spiro atoms. The largest absolute Gasteiger partial charge is 0.469 e. The molecule has 96 valence electrons. The van der Waals surface area contributed by atoms with Crippen LogP contribution in [0.25, 0.3) is 0 Å². The first kappa shape index (κ1) is 13.5. The van der Waals surface area contributed by atoms with E-state index in [0.29, 0.717) is 23.0 Å². The van der Waals surface area contributed by atoms with Crippen molar-refractivity contribution in [3.8, 4) is 0 Å². The monoisotopic (exact) mass is 283 g/mol. The van der Waals surface area contributed by atoms with Crippen LogP contribution < -0.4 is 5.73 Å². The van der Waals surface area contributed by atoms with Gasteiger partial charge in [-0.2, -0.15) is 0 Å². The second-order valence-electron chi connectivity index (χ2n) is 4.65. The molecule has 0 amide bonds. The number of rotatable bonds is 4. The minimum atomic E-state index is -0.292. The zero-order chi connectivity index (χ0) is 13.2. The highest BCUT2D eigenvalue weighted by atomic mass is 35.5. The molecule has 0 saturated carbocycles. The standard InChI is InChI=1S/C14H15Cl2NO/c1-14(9-17,8-11-3-2-6-18-11)12-7-10(15)4-5-13(12)16/h2-7H,8-9,17H2,1H3. The minimum absolute atomic E-state index is 0.292. The predicted molar refractivity (Wildman–Crippen MR) is 75.3 cm³/mol. The fourth-order valence-corrected chi connectivity index (χ4v) is 2.55. The highest BCUT2D eigenvalue weighted by Crippen LogP contribution is 2.34. The number of hydrogen-bond donors (Lipinski definition) is 1. The van der Waals surface area contributed by atoms with Gasteiger partial charge in [0, 0.05) is 28.4 Å². The van der Waals surface area contributed by atoms with E-state index in [2.05, 4.69) is 6.92 Å². The average Bonchev–Trinajstić information content (AvgIpc) is 2.84. The summed E-state index contributed by atoms with van der Waals surface area (Å²) >= 11 is 12.3. The third kappa shape index (κ3) is 2.72. The Labute approximate surface area is 117 Å². The van der Waals surface area contributed by atoms with Crippen molar-refractivity contribution in [1.29, 1.82) is 0 Å². The maximum atomic E-state index is 6.25. The molecular weight excluding hydrogens is 269 g/mol. The topological polar surface area (TPSA) is 39.2 Å². The Morgan fingerprint density at radius 3 is 2.67 bits per heavy atom. The molecule has 0 bridgehead atoms. The zero-order valence-corrected chi connectivity index (χ0v) is 11.6. The summed E-state index contributed by atoms with van der Waals surface area (Å²) in [6, 6.07) is 9.25. The van der Waals surface area contributed by atoms with E-state index in [4.69, 9.17) is 33.4 Å². The molecule has 4 heteroatoms. The smallest absolute Gasteiger partial charge is 0.104 e. The number of furan rings is 1. The van der Waals surface area contributed by atoms with Crippen LogP contribution in [0.5, 0.6) is 0 Å². The fourth-order valence-electron chi connectivity index (χ4n) is 2.04. The second-order valence-corrected chi connectivity index (χ2v) is 5.49. The van der Waals surface area contributed by atoms with Crippen LogP contribution in [0.4, 0.5) is 0 Å². The van der Waals surface area contributed by atoms with Crippen LogP contribution in [0.15, 0.2) is 41.0 Å². The first-order chi connectivity index (χ1) is 8.55. The summed E-state index contributed by atoms with van der Waals surface area (Å²) in [6.07, 6.45) is 2.35. The van der Waals surface area contributed by atoms with E-state index >= 15 is 0 Å². The predicted octanol–water partition coefficient (Wildman–Crippen LogP) is 4.05. The molecular formula is C14H15Cl2NO. The fraction of sp³-hybridized carbons (Fsp3) is 0.286. The van der Waals surface area contributed by atoms with Gasteiger partial charge < -0.3 is 10.2 Å². The van der Waals surface area contributed by atoms with E-state index in [0.717, 1.165) is 11.3 Å². The van der Waals surface area contributed by atoms with Crippen molar-refractivity contribution in [1.82, 2.24) is 0 Å². The quantitative estimate of drug-likeness (QED) is 0.920. The van der Waals surface area contributed by atoms with E-state index in [1.807, 2.05) is 18.2 Å². The van der Waals surface area contributed by atoms with Crippen LogP contribution in [0.3, 0.4) is 0 Å². The zero-order valence-electron chi connectivity index (χ0n) is 10.1. The third-order valence-electron chi connectivity index (χ3n) is 3.17. The first-order valence-corrected chi connectivity index (χ1v) is 6.49. The molecule has 0 aliphatic heterocycles. The Kier molecular flexibility index (Phi) is 4.00. The summed E-state index contributed by atoms with van der Waals surface area (Å²) in [7, 11) is 0. The van der Waals surface area contributed by atoms with Crippen LogP contribution >= 0.6 is 23.2 Å². The Morgan fingerprint density at radius 1 is 1.28 bits per heavy atom. The first-order valence-electron chi connectivity index (χ1n) is 5.73. The summed E-state index contributed by atoms with van der Waals surface area (Å²) in [5, 5.41) is 1.34. The molecule has 2 aromatic rings.